The van der Waals surface area contributed by atoms with Gasteiger partial charge in [-0.2, -0.15) is 0 Å². The van der Waals surface area contributed by atoms with Crippen molar-refractivity contribution in [3.63, 3.8) is 0 Å². The number of hydrogen-bond acceptors (Lipinski definition) is 4. The number of fused-ring (bicyclic) bond motifs is 1. The Kier molecular flexibility index (Phi) is 5.89. The number of rotatable bonds is 7. The monoisotopic (exact) mass is 368 g/mol. The van der Waals surface area contributed by atoms with Gasteiger partial charge in [0.1, 0.15) is 4.90 Å². The van der Waals surface area contributed by atoms with Gasteiger partial charge in [-0.25, -0.2) is 13.1 Å². The third kappa shape index (κ3) is 4.41. The highest BCUT2D eigenvalue weighted by atomic mass is 32.2. The SMILES string of the molecule is Cc1c(S(=O)(=O)NC(N)=NCCCCC(=O)O)c2c(n1C)=CCCC=2. The molecule has 9 heteroatoms. The smallest absolute Gasteiger partial charge is 0.303 e. The van der Waals surface area contributed by atoms with E-state index in [0.717, 1.165) is 18.2 Å². The Morgan fingerprint density at radius 3 is 2.72 bits per heavy atom. The van der Waals surface area contributed by atoms with E-state index >= 15 is 0 Å². The van der Waals surface area contributed by atoms with Crippen LogP contribution in [0.5, 0.6) is 0 Å². The van der Waals surface area contributed by atoms with E-state index in [2.05, 4.69) is 9.71 Å². The molecular weight excluding hydrogens is 344 g/mol. The van der Waals surface area contributed by atoms with Crippen LogP contribution < -0.4 is 21.0 Å². The lowest BCUT2D eigenvalue weighted by atomic mass is 10.2. The van der Waals surface area contributed by atoms with Gasteiger partial charge >= 0.3 is 5.97 Å². The van der Waals surface area contributed by atoms with Crippen LogP contribution in [0.3, 0.4) is 0 Å². The van der Waals surface area contributed by atoms with Gasteiger partial charge in [-0.15, -0.1) is 0 Å². The molecule has 0 fully saturated rings. The highest BCUT2D eigenvalue weighted by molar-refractivity contribution is 7.90. The number of carbonyl (C=O) groups is 1. The zero-order valence-electron chi connectivity index (χ0n) is 14.4. The first-order chi connectivity index (χ1) is 11.7. The molecule has 0 aliphatic heterocycles. The molecule has 2 rings (SSSR count). The van der Waals surface area contributed by atoms with Crippen molar-refractivity contribution < 1.29 is 18.3 Å². The lowest BCUT2D eigenvalue weighted by molar-refractivity contribution is -0.137. The van der Waals surface area contributed by atoms with Gasteiger partial charge in [0, 0.05) is 36.3 Å². The highest BCUT2D eigenvalue weighted by Gasteiger charge is 2.24. The number of nitrogens with one attached hydrogen (secondary N) is 1. The van der Waals surface area contributed by atoms with Gasteiger partial charge in [0.05, 0.1) is 0 Å². The van der Waals surface area contributed by atoms with Crippen LogP contribution in [0.25, 0.3) is 12.2 Å². The molecule has 0 saturated heterocycles. The summed E-state index contributed by atoms with van der Waals surface area (Å²) in [7, 11) is -2.00. The van der Waals surface area contributed by atoms with E-state index in [1.54, 1.807) is 6.92 Å². The summed E-state index contributed by atoms with van der Waals surface area (Å²) in [6.07, 6.45) is 6.69. The van der Waals surface area contributed by atoms with E-state index in [1.807, 2.05) is 23.8 Å². The first-order valence-corrected chi connectivity index (χ1v) is 9.62. The summed E-state index contributed by atoms with van der Waals surface area (Å²) in [6, 6.07) is 0. The van der Waals surface area contributed by atoms with Crippen molar-refractivity contribution in [1.29, 1.82) is 0 Å². The fourth-order valence-corrected chi connectivity index (χ4v) is 4.31. The summed E-state index contributed by atoms with van der Waals surface area (Å²) in [5, 5.41) is 10.2. The number of aliphatic carboxylic acids is 1. The van der Waals surface area contributed by atoms with Gasteiger partial charge in [0.2, 0.25) is 5.96 Å². The quantitative estimate of drug-likeness (QED) is 0.341. The van der Waals surface area contributed by atoms with Gasteiger partial charge in [-0.1, -0.05) is 12.2 Å². The average Bonchev–Trinajstić information content (AvgIpc) is 2.78. The van der Waals surface area contributed by atoms with E-state index in [1.165, 1.54) is 0 Å². The molecule has 138 valence electrons. The molecule has 1 aliphatic rings. The number of unbranched alkanes of at least 4 members (excludes halogenated alkanes) is 1. The van der Waals surface area contributed by atoms with Crippen molar-refractivity contribution in [3.05, 3.63) is 16.3 Å². The molecule has 0 radical (unpaired) electrons. The van der Waals surface area contributed by atoms with E-state index in [9.17, 15) is 13.2 Å². The lowest BCUT2D eigenvalue weighted by Crippen LogP contribution is -2.40. The molecule has 0 amide bonds. The van der Waals surface area contributed by atoms with Gasteiger partial charge in [-0.3, -0.25) is 9.79 Å². The Hall–Kier alpha value is -2.29. The molecule has 0 aromatic carbocycles. The molecule has 0 spiro atoms. The summed E-state index contributed by atoms with van der Waals surface area (Å²) in [5.41, 5.74) is 6.33. The van der Waals surface area contributed by atoms with Crippen molar-refractivity contribution in [2.45, 2.75) is 43.9 Å². The number of carboxylic acids is 1. The third-order valence-corrected chi connectivity index (χ3v) is 5.69. The molecule has 25 heavy (non-hydrogen) atoms. The van der Waals surface area contributed by atoms with Crippen LogP contribution in [0.15, 0.2) is 9.89 Å². The minimum atomic E-state index is -3.84. The van der Waals surface area contributed by atoms with Crippen LogP contribution in [0.2, 0.25) is 0 Å². The second kappa shape index (κ2) is 7.73. The topological polar surface area (TPSA) is 127 Å². The first kappa shape index (κ1) is 19.0. The molecule has 8 nitrogen and oxygen atoms in total. The molecule has 0 atom stereocenters. The fraction of sp³-hybridized carbons (Fsp3) is 0.500. The molecule has 1 aromatic heterocycles. The van der Waals surface area contributed by atoms with E-state index in [-0.39, 0.29) is 23.8 Å². The standard InChI is InChI=1S/C16H24N4O4S/c1-11-15(12-7-3-4-8-13(12)20(11)2)25(23,24)19-16(17)18-10-6-5-9-14(21)22/h7-8H,3-6,9-10H2,1-2H3,(H,21,22)(H3,17,18,19). The Bertz CT molecular complexity index is 913. The predicted molar refractivity (Wildman–Crippen MR) is 95.9 cm³/mol. The maximum Gasteiger partial charge on any atom is 0.303 e. The maximum atomic E-state index is 12.7. The second-order valence-electron chi connectivity index (χ2n) is 5.98. The minimum Gasteiger partial charge on any atom is -0.481 e. The van der Waals surface area contributed by atoms with Crippen LogP contribution in [0.1, 0.15) is 37.8 Å². The Morgan fingerprint density at radius 1 is 1.36 bits per heavy atom. The maximum absolute atomic E-state index is 12.7. The summed E-state index contributed by atoms with van der Waals surface area (Å²) < 4.78 is 29.6. The molecule has 0 unspecified atom stereocenters. The van der Waals surface area contributed by atoms with Gasteiger partial charge in [0.25, 0.3) is 10.0 Å². The number of nitrogens with two attached hydrogens (primary N) is 1. The van der Waals surface area contributed by atoms with Crippen LogP contribution in [-0.2, 0) is 21.9 Å². The van der Waals surface area contributed by atoms with Gasteiger partial charge < -0.3 is 15.4 Å². The zero-order chi connectivity index (χ0) is 18.6. The number of guanidine groups is 1. The molecule has 1 heterocycles. The Balaban J connectivity index is 2.17. The van der Waals surface area contributed by atoms with E-state index in [0.29, 0.717) is 23.8 Å². The Morgan fingerprint density at radius 2 is 2.04 bits per heavy atom. The normalized spacial score (nSPS) is 14.4. The minimum absolute atomic E-state index is 0.0584. The molecular formula is C16H24N4O4S. The van der Waals surface area contributed by atoms with E-state index in [4.69, 9.17) is 10.8 Å². The molecule has 4 N–H and O–H groups in total. The van der Waals surface area contributed by atoms with Crippen LogP contribution in [-0.4, -0.2) is 36.6 Å². The van der Waals surface area contributed by atoms with Crippen LogP contribution in [0.4, 0.5) is 0 Å². The summed E-state index contributed by atoms with van der Waals surface area (Å²) in [4.78, 5) is 14.6. The van der Waals surface area contributed by atoms with Crippen LogP contribution in [0, 0.1) is 6.92 Å². The molecule has 0 bridgehead atoms. The summed E-state index contributed by atoms with van der Waals surface area (Å²) in [6.45, 7) is 2.03. The third-order valence-electron chi connectivity index (χ3n) is 4.16. The number of sulfonamides is 1. The van der Waals surface area contributed by atoms with Crippen molar-refractivity contribution >= 4 is 34.1 Å². The number of carboxylic acid groups (broad SMARTS) is 1. The number of aromatic nitrogens is 1. The highest BCUT2D eigenvalue weighted by Crippen LogP contribution is 2.10. The van der Waals surface area contributed by atoms with Gasteiger partial charge in [0.15, 0.2) is 0 Å². The molecule has 0 saturated carbocycles. The van der Waals surface area contributed by atoms with Crippen molar-refractivity contribution in [1.82, 2.24) is 9.29 Å². The first-order valence-electron chi connectivity index (χ1n) is 8.14. The molecule has 1 aromatic rings. The van der Waals surface area contributed by atoms with Crippen molar-refractivity contribution in [2.75, 3.05) is 6.54 Å². The predicted octanol–water partition coefficient (Wildman–Crippen LogP) is -0.464. The second-order valence-corrected chi connectivity index (χ2v) is 7.60. The summed E-state index contributed by atoms with van der Waals surface area (Å²) >= 11 is 0. The Labute approximate surface area is 146 Å². The number of nitrogens with zero attached hydrogens (tertiary/aromatic N) is 2. The largest absolute Gasteiger partial charge is 0.481 e. The number of hydrogen-bond donors (Lipinski definition) is 3. The molecule has 1 aliphatic carbocycles. The van der Waals surface area contributed by atoms with Crippen molar-refractivity contribution in [3.8, 4) is 0 Å². The van der Waals surface area contributed by atoms with Crippen LogP contribution >= 0.6 is 0 Å². The average molecular weight is 368 g/mol. The fourth-order valence-electron chi connectivity index (χ4n) is 2.86. The van der Waals surface area contributed by atoms with Crippen molar-refractivity contribution in [2.24, 2.45) is 17.8 Å². The van der Waals surface area contributed by atoms with Gasteiger partial charge in [-0.05, 0) is 32.6 Å². The summed E-state index contributed by atoms with van der Waals surface area (Å²) in [5.74, 6) is -1.05. The number of aliphatic imine (C=N–C) groups is 1. The van der Waals surface area contributed by atoms with E-state index < -0.39 is 16.0 Å². The zero-order valence-corrected chi connectivity index (χ0v) is 15.3. The lowest BCUT2D eigenvalue weighted by Gasteiger charge is -2.08.